The van der Waals surface area contributed by atoms with Crippen molar-refractivity contribution in [2.75, 3.05) is 20.2 Å². The summed E-state index contributed by atoms with van der Waals surface area (Å²) >= 11 is 0. The van der Waals surface area contributed by atoms with Crippen LogP contribution in [0.15, 0.2) is 30.9 Å². The molecule has 20 heavy (non-hydrogen) atoms. The summed E-state index contributed by atoms with van der Waals surface area (Å²) in [6, 6.07) is 6.23. The molecule has 0 fully saturated rings. The number of carboxylic acids is 1. The SMILES string of the molecule is C=CCN(CC(=O)O)C1CCCc2ccc(OC)cc21. The summed E-state index contributed by atoms with van der Waals surface area (Å²) in [7, 11) is 1.65. The number of carboxylic acid groups (broad SMARTS) is 1. The molecule has 0 bridgehead atoms. The van der Waals surface area contributed by atoms with Gasteiger partial charge in [-0.25, -0.2) is 0 Å². The predicted octanol–water partition coefficient (Wildman–Crippen LogP) is 2.65. The fourth-order valence-corrected chi connectivity index (χ4v) is 2.90. The minimum Gasteiger partial charge on any atom is -0.497 e. The summed E-state index contributed by atoms with van der Waals surface area (Å²) in [6.07, 6.45) is 4.86. The number of methoxy groups -OCH3 is 1. The van der Waals surface area contributed by atoms with Crippen molar-refractivity contribution < 1.29 is 14.6 Å². The number of fused-ring (bicyclic) bond motifs is 1. The van der Waals surface area contributed by atoms with Crippen LogP contribution in [-0.4, -0.2) is 36.2 Å². The third-order valence-corrected chi connectivity index (χ3v) is 3.78. The maximum atomic E-state index is 11.1. The van der Waals surface area contributed by atoms with Crippen LogP contribution < -0.4 is 4.74 Å². The van der Waals surface area contributed by atoms with E-state index in [0.717, 1.165) is 25.0 Å². The molecular weight excluding hydrogens is 254 g/mol. The number of benzene rings is 1. The van der Waals surface area contributed by atoms with E-state index >= 15 is 0 Å². The number of aryl methyl sites for hydroxylation is 1. The topological polar surface area (TPSA) is 49.8 Å². The van der Waals surface area contributed by atoms with Gasteiger partial charge in [0.05, 0.1) is 13.7 Å². The Morgan fingerprint density at radius 1 is 1.60 bits per heavy atom. The summed E-state index contributed by atoms with van der Waals surface area (Å²) in [5.74, 6) is 0.0198. The van der Waals surface area contributed by atoms with Crippen molar-refractivity contribution in [3.63, 3.8) is 0 Å². The first-order valence-corrected chi connectivity index (χ1v) is 6.89. The van der Waals surface area contributed by atoms with Gasteiger partial charge in [0.25, 0.3) is 0 Å². The molecule has 4 heteroatoms. The van der Waals surface area contributed by atoms with Gasteiger partial charge in [-0.2, -0.15) is 0 Å². The highest BCUT2D eigenvalue weighted by atomic mass is 16.5. The molecule has 0 saturated carbocycles. The molecule has 1 aromatic carbocycles. The fraction of sp³-hybridized carbons (Fsp3) is 0.438. The molecule has 108 valence electrons. The van der Waals surface area contributed by atoms with E-state index in [2.05, 4.69) is 12.6 Å². The largest absolute Gasteiger partial charge is 0.497 e. The zero-order chi connectivity index (χ0) is 14.5. The van der Waals surface area contributed by atoms with Crippen LogP contribution in [0.2, 0.25) is 0 Å². The van der Waals surface area contributed by atoms with E-state index in [1.807, 2.05) is 17.0 Å². The van der Waals surface area contributed by atoms with Crippen molar-refractivity contribution >= 4 is 5.97 Å². The van der Waals surface area contributed by atoms with Crippen molar-refractivity contribution in [3.8, 4) is 5.75 Å². The van der Waals surface area contributed by atoms with E-state index in [1.54, 1.807) is 13.2 Å². The molecule has 1 aliphatic rings. The first-order chi connectivity index (χ1) is 9.65. The molecule has 1 atom stereocenters. The Labute approximate surface area is 119 Å². The molecule has 4 nitrogen and oxygen atoms in total. The number of carbonyl (C=O) groups is 1. The van der Waals surface area contributed by atoms with E-state index in [9.17, 15) is 4.79 Å². The standard InChI is InChI=1S/C16H21NO3/c1-3-9-17(11-16(18)19)15-6-4-5-12-7-8-13(20-2)10-14(12)15/h3,7-8,10,15H,1,4-6,9,11H2,2H3,(H,18,19). The number of aliphatic carboxylic acids is 1. The van der Waals surface area contributed by atoms with Gasteiger partial charge >= 0.3 is 5.97 Å². The van der Waals surface area contributed by atoms with Crippen molar-refractivity contribution in [1.29, 1.82) is 0 Å². The van der Waals surface area contributed by atoms with Gasteiger partial charge in [-0.05, 0) is 42.5 Å². The van der Waals surface area contributed by atoms with Gasteiger partial charge < -0.3 is 9.84 Å². The van der Waals surface area contributed by atoms with Gasteiger partial charge in [-0.1, -0.05) is 12.1 Å². The second kappa shape index (κ2) is 6.57. The Hall–Kier alpha value is -1.81. The molecule has 0 amide bonds. The van der Waals surface area contributed by atoms with Crippen molar-refractivity contribution in [2.45, 2.75) is 25.3 Å². The van der Waals surface area contributed by atoms with Gasteiger partial charge in [0.2, 0.25) is 0 Å². The predicted molar refractivity (Wildman–Crippen MR) is 78.1 cm³/mol. The lowest BCUT2D eigenvalue weighted by molar-refractivity contribution is -0.138. The zero-order valence-corrected chi connectivity index (χ0v) is 11.8. The Morgan fingerprint density at radius 3 is 3.05 bits per heavy atom. The molecule has 0 aliphatic heterocycles. The smallest absolute Gasteiger partial charge is 0.317 e. The Kier molecular flexibility index (Phi) is 4.79. The number of rotatable bonds is 6. The summed E-state index contributed by atoms with van der Waals surface area (Å²) in [6.45, 7) is 4.35. The van der Waals surface area contributed by atoms with E-state index in [4.69, 9.17) is 9.84 Å². The van der Waals surface area contributed by atoms with Crippen LogP contribution in [0, 0.1) is 0 Å². The lowest BCUT2D eigenvalue weighted by Crippen LogP contribution is -2.35. The van der Waals surface area contributed by atoms with Crippen LogP contribution in [0.1, 0.15) is 30.0 Å². The maximum Gasteiger partial charge on any atom is 0.317 e. The lowest BCUT2D eigenvalue weighted by Gasteiger charge is -2.34. The second-order valence-corrected chi connectivity index (χ2v) is 5.08. The second-order valence-electron chi connectivity index (χ2n) is 5.08. The van der Waals surface area contributed by atoms with Gasteiger partial charge in [0, 0.05) is 12.6 Å². The van der Waals surface area contributed by atoms with Crippen molar-refractivity contribution in [3.05, 3.63) is 42.0 Å². The van der Waals surface area contributed by atoms with Crippen LogP contribution in [0.3, 0.4) is 0 Å². The maximum absolute atomic E-state index is 11.1. The average molecular weight is 275 g/mol. The van der Waals surface area contributed by atoms with Crippen LogP contribution in [0.25, 0.3) is 0 Å². The molecule has 2 rings (SSSR count). The van der Waals surface area contributed by atoms with Gasteiger partial charge in [0.1, 0.15) is 5.75 Å². The van der Waals surface area contributed by atoms with Crippen LogP contribution in [0.5, 0.6) is 5.75 Å². The van der Waals surface area contributed by atoms with Crippen LogP contribution in [0.4, 0.5) is 0 Å². The molecule has 1 aliphatic carbocycles. The fourth-order valence-electron chi connectivity index (χ4n) is 2.90. The highest BCUT2D eigenvalue weighted by Gasteiger charge is 2.27. The van der Waals surface area contributed by atoms with Crippen LogP contribution in [-0.2, 0) is 11.2 Å². The Morgan fingerprint density at radius 2 is 2.40 bits per heavy atom. The first kappa shape index (κ1) is 14.6. The van der Waals surface area contributed by atoms with Crippen molar-refractivity contribution in [1.82, 2.24) is 4.90 Å². The quantitative estimate of drug-likeness (QED) is 0.811. The molecule has 1 unspecified atom stereocenters. The molecular formula is C16H21NO3. The first-order valence-electron chi connectivity index (χ1n) is 6.89. The third-order valence-electron chi connectivity index (χ3n) is 3.78. The summed E-state index contributed by atoms with van der Waals surface area (Å²) in [4.78, 5) is 13.0. The monoisotopic (exact) mass is 275 g/mol. The normalized spacial score (nSPS) is 17.6. The molecule has 0 aromatic heterocycles. The van der Waals surface area contributed by atoms with Gasteiger partial charge in [-0.3, -0.25) is 9.69 Å². The van der Waals surface area contributed by atoms with Crippen LogP contribution >= 0.6 is 0 Å². The third kappa shape index (κ3) is 3.20. The van der Waals surface area contributed by atoms with Crippen molar-refractivity contribution in [2.24, 2.45) is 0 Å². The zero-order valence-electron chi connectivity index (χ0n) is 11.8. The molecule has 1 N–H and O–H groups in total. The number of hydrogen-bond acceptors (Lipinski definition) is 3. The van der Waals surface area contributed by atoms with E-state index in [-0.39, 0.29) is 12.6 Å². The minimum atomic E-state index is -0.804. The van der Waals surface area contributed by atoms with E-state index in [1.165, 1.54) is 11.1 Å². The molecule has 0 saturated heterocycles. The minimum absolute atomic E-state index is 0.0351. The molecule has 0 radical (unpaired) electrons. The Bertz CT molecular complexity index is 498. The summed E-state index contributed by atoms with van der Waals surface area (Å²) < 4.78 is 5.29. The van der Waals surface area contributed by atoms with Gasteiger partial charge in [0.15, 0.2) is 0 Å². The number of nitrogens with zero attached hydrogens (tertiary/aromatic N) is 1. The van der Waals surface area contributed by atoms with Gasteiger partial charge in [-0.15, -0.1) is 6.58 Å². The highest BCUT2D eigenvalue weighted by molar-refractivity contribution is 5.69. The number of hydrogen-bond donors (Lipinski definition) is 1. The average Bonchev–Trinajstić information content (AvgIpc) is 2.45. The summed E-state index contributed by atoms with van der Waals surface area (Å²) in [5.41, 5.74) is 2.49. The molecule has 1 aromatic rings. The molecule has 0 heterocycles. The lowest BCUT2D eigenvalue weighted by atomic mass is 9.86. The highest BCUT2D eigenvalue weighted by Crippen LogP contribution is 2.36. The van der Waals surface area contributed by atoms with E-state index in [0.29, 0.717) is 6.54 Å². The summed E-state index contributed by atoms with van der Waals surface area (Å²) in [5, 5.41) is 9.09. The van der Waals surface area contributed by atoms with E-state index < -0.39 is 5.97 Å². The Balaban J connectivity index is 2.32. The molecule has 0 spiro atoms. The number of ether oxygens (including phenoxy) is 1.